The van der Waals surface area contributed by atoms with E-state index in [4.69, 9.17) is 4.74 Å². The number of carbonyl (C=O) groups excluding carboxylic acids is 1. The van der Waals surface area contributed by atoms with Crippen molar-refractivity contribution in [2.75, 3.05) is 19.0 Å². The molecule has 1 aliphatic rings. The molecule has 1 saturated heterocycles. The van der Waals surface area contributed by atoms with Gasteiger partial charge in [-0.2, -0.15) is 0 Å². The number of benzene rings is 1. The van der Waals surface area contributed by atoms with E-state index in [1.807, 2.05) is 31.2 Å². The summed E-state index contributed by atoms with van der Waals surface area (Å²) in [5.41, 5.74) is 0.786. The van der Waals surface area contributed by atoms with Crippen LogP contribution in [0.3, 0.4) is 0 Å². The molecular weight excluding hydrogens is 216 g/mol. The Balaban J connectivity index is 2.02. The number of methoxy groups -OCH3 is 1. The maximum absolute atomic E-state index is 12.0. The van der Waals surface area contributed by atoms with Gasteiger partial charge in [0.2, 0.25) is 5.91 Å². The number of nitrogens with one attached hydrogen (secondary N) is 2. The maximum Gasteiger partial charge on any atom is 0.229 e. The molecule has 4 heteroatoms. The van der Waals surface area contributed by atoms with Gasteiger partial charge in [-0.25, -0.2) is 0 Å². The van der Waals surface area contributed by atoms with E-state index in [1.54, 1.807) is 7.11 Å². The van der Waals surface area contributed by atoms with E-state index in [0.717, 1.165) is 24.4 Å². The van der Waals surface area contributed by atoms with Crippen LogP contribution in [0.25, 0.3) is 0 Å². The monoisotopic (exact) mass is 234 g/mol. The Morgan fingerprint density at radius 2 is 2.35 bits per heavy atom. The van der Waals surface area contributed by atoms with Gasteiger partial charge in [0.05, 0.1) is 13.0 Å². The third kappa shape index (κ3) is 2.77. The number of amides is 1. The van der Waals surface area contributed by atoms with Crippen LogP contribution in [-0.4, -0.2) is 25.6 Å². The second-order valence-electron chi connectivity index (χ2n) is 4.36. The lowest BCUT2D eigenvalue weighted by atomic mass is 10.0. The van der Waals surface area contributed by atoms with Crippen LogP contribution >= 0.6 is 0 Å². The number of rotatable bonds is 3. The van der Waals surface area contributed by atoms with E-state index >= 15 is 0 Å². The van der Waals surface area contributed by atoms with Crippen LogP contribution in [0.1, 0.15) is 13.3 Å². The van der Waals surface area contributed by atoms with Crippen LogP contribution in [-0.2, 0) is 4.79 Å². The minimum absolute atomic E-state index is 0.0567. The summed E-state index contributed by atoms with van der Waals surface area (Å²) < 4.78 is 5.12. The molecule has 2 atom stereocenters. The molecule has 1 aromatic carbocycles. The Kier molecular flexibility index (Phi) is 3.64. The molecule has 1 heterocycles. The average Bonchev–Trinajstić information content (AvgIpc) is 2.76. The van der Waals surface area contributed by atoms with Crippen LogP contribution < -0.4 is 15.4 Å². The molecule has 2 rings (SSSR count). The van der Waals surface area contributed by atoms with Crippen LogP contribution in [0.15, 0.2) is 24.3 Å². The number of hydrogen-bond donors (Lipinski definition) is 2. The van der Waals surface area contributed by atoms with Crippen molar-refractivity contribution in [2.45, 2.75) is 19.4 Å². The average molecular weight is 234 g/mol. The van der Waals surface area contributed by atoms with Gasteiger partial charge in [-0.3, -0.25) is 4.79 Å². The highest BCUT2D eigenvalue weighted by Gasteiger charge is 2.29. The van der Waals surface area contributed by atoms with Crippen LogP contribution in [0, 0.1) is 5.92 Å². The standard InChI is InChI=1S/C13H18N2O2/c1-9-12(6-7-14-9)13(16)15-10-4-3-5-11(8-10)17-2/h3-5,8-9,12,14H,6-7H2,1-2H3,(H,15,16). The highest BCUT2D eigenvalue weighted by Crippen LogP contribution is 2.20. The third-order valence-corrected chi connectivity index (χ3v) is 3.20. The van der Waals surface area contributed by atoms with Crippen molar-refractivity contribution in [3.8, 4) is 5.75 Å². The SMILES string of the molecule is COc1cccc(NC(=O)C2CCNC2C)c1. The molecule has 17 heavy (non-hydrogen) atoms. The molecule has 0 aromatic heterocycles. The van der Waals surface area contributed by atoms with Crippen molar-refractivity contribution >= 4 is 11.6 Å². The smallest absolute Gasteiger partial charge is 0.229 e. The lowest BCUT2D eigenvalue weighted by Gasteiger charge is -2.15. The van der Waals surface area contributed by atoms with Gasteiger partial charge in [-0.1, -0.05) is 6.07 Å². The Hall–Kier alpha value is -1.55. The first-order valence-corrected chi connectivity index (χ1v) is 5.89. The molecule has 1 aromatic rings. The molecule has 0 radical (unpaired) electrons. The zero-order valence-corrected chi connectivity index (χ0v) is 10.2. The molecule has 0 bridgehead atoms. The molecule has 4 nitrogen and oxygen atoms in total. The fourth-order valence-corrected chi connectivity index (χ4v) is 2.15. The molecule has 92 valence electrons. The third-order valence-electron chi connectivity index (χ3n) is 3.20. The van der Waals surface area contributed by atoms with Gasteiger partial charge >= 0.3 is 0 Å². The van der Waals surface area contributed by atoms with E-state index in [1.165, 1.54) is 0 Å². The lowest BCUT2D eigenvalue weighted by molar-refractivity contribution is -0.119. The first-order valence-electron chi connectivity index (χ1n) is 5.89. The summed E-state index contributed by atoms with van der Waals surface area (Å²) in [5, 5.41) is 6.20. The topological polar surface area (TPSA) is 50.4 Å². The van der Waals surface area contributed by atoms with Crippen molar-refractivity contribution in [1.82, 2.24) is 5.32 Å². The van der Waals surface area contributed by atoms with E-state index in [2.05, 4.69) is 10.6 Å². The van der Waals surface area contributed by atoms with Crippen molar-refractivity contribution in [1.29, 1.82) is 0 Å². The fraction of sp³-hybridized carbons (Fsp3) is 0.462. The largest absolute Gasteiger partial charge is 0.497 e. The molecule has 0 aliphatic carbocycles. The van der Waals surface area contributed by atoms with Gasteiger partial charge in [0, 0.05) is 17.8 Å². The predicted octanol–water partition coefficient (Wildman–Crippen LogP) is 1.63. The summed E-state index contributed by atoms with van der Waals surface area (Å²) in [6, 6.07) is 7.67. The molecule has 0 spiro atoms. The molecule has 2 N–H and O–H groups in total. The first kappa shape index (κ1) is 11.9. The Bertz CT molecular complexity index is 406. The van der Waals surface area contributed by atoms with Gasteiger partial charge in [-0.05, 0) is 32.0 Å². The summed E-state index contributed by atoms with van der Waals surface area (Å²) in [4.78, 5) is 12.0. The molecule has 1 fully saturated rings. The van der Waals surface area contributed by atoms with Gasteiger partial charge in [0.15, 0.2) is 0 Å². The van der Waals surface area contributed by atoms with Crippen LogP contribution in [0.2, 0.25) is 0 Å². The summed E-state index contributed by atoms with van der Waals surface area (Å²) >= 11 is 0. The minimum atomic E-state index is 0.0567. The van der Waals surface area contributed by atoms with Gasteiger partial charge in [0.1, 0.15) is 5.75 Å². The number of ether oxygens (including phenoxy) is 1. The fourth-order valence-electron chi connectivity index (χ4n) is 2.15. The number of anilines is 1. The van der Waals surface area contributed by atoms with Crippen molar-refractivity contribution < 1.29 is 9.53 Å². The predicted molar refractivity (Wildman–Crippen MR) is 67.2 cm³/mol. The van der Waals surface area contributed by atoms with Crippen molar-refractivity contribution in [3.05, 3.63) is 24.3 Å². The van der Waals surface area contributed by atoms with Crippen molar-refractivity contribution in [2.24, 2.45) is 5.92 Å². The Morgan fingerprint density at radius 3 is 3.00 bits per heavy atom. The highest BCUT2D eigenvalue weighted by molar-refractivity contribution is 5.93. The minimum Gasteiger partial charge on any atom is -0.497 e. The summed E-state index contributed by atoms with van der Waals surface area (Å²) in [6.07, 6.45) is 0.900. The summed E-state index contributed by atoms with van der Waals surface area (Å²) in [5.74, 6) is 0.886. The van der Waals surface area contributed by atoms with Crippen molar-refractivity contribution in [3.63, 3.8) is 0 Å². The summed E-state index contributed by atoms with van der Waals surface area (Å²) in [6.45, 7) is 2.96. The van der Waals surface area contributed by atoms with Gasteiger partial charge in [0.25, 0.3) is 0 Å². The highest BCUT2D eigenvalue weighted by atomic mass is 16.5. The van der Waals surface area contributed by atoms with E-state index < -0.39 is 0 Å². The quantitative estimate of drug-likeness (QED) is 0.835. The molecule has 1 amide bonds. The molecule has 0 saturated carbocycles. The molecule has 2 unspecified atom stereocenters. The maximum atomic E-state index is 12.0. The van der Waals surface area contributed by atoms with Gasteiger partial charge in [-0.15, -0.1) is 0 Å². The second kappa shape index (κ2) is 5.19. The first-order chi connectivity index (χ1) is 8.20. The van der Waals surface area contributed by atoms with E-state index in [9.17, 15) is 4.79 Å². The Labute approximate surface area is 101 Å². The summed E-state index contributed by atoms with van der Waals surface area (Å²) in [7, 11) is 1.61. The van der Waals surface area contributed by atoms with E-state index in [0.29, 0.717) is 0 Å². The van der Waals surface area contributed by atoms with Gasteiger partial charge < -0.3 is 15.4 Å². The zero-order chi connectivity index (χ0) is 12.3. The normalized spacial score (nSPS) is 23.4. The molecular formula is C13H18N2O2. The van der Waals surface area contributed by atoms with Crippen LogP contribution in [0.5, 0.6) is 5.75 Å². The number of carbonyl (C=O) groups is 1. The number of hydrogen-bond acceptors (Lipinski definition) is 3. The molecule has 1 aliphatic heterocycles. The lowest BCUT2D eigenvalue weighted by Crippen LogP contribution is -2.32. The van der Waals surface area contributed by atoms with Crippen LogP contribution in [0.4, 0.5) is 5.69 Å². The Morgan fingerprint density at radius 1 is 1.53 bits per heavy atom. The second-order valence-corrected chi connectivity index (χ2v) is 4.36. The zero-order valence-electron chi connectivity index (χ0n) is 10.2. The van der Waals surface area contributed by atoms with E-state index in [-0.39, 0.29) is 17.9 Å².